The van der Waals surface area contributed by atoms with E-state index in [0.717, 1.165) is 31.6 Å². The van der Waals surface area contributed by atoms with Crippen LogP contribution >= 0.6 is 0 Å². The molecule has 1 aliphatic carbocycles. The van der Waals surface area contributed by atoms with Crippen LogP contribution in [0, 0.1) is 0 Å². The summed E-state index contributed by atoms with van der Waals surface area (Å²) in [6.07, 6.45) is 6.24. The first-order valence-electron chi connectivity index (χ1n) is 6.74. The van der Waals surface area contributed by atoms with Gasteiger partial charge in [-0.25, -0.2) is 0 Å². The molecule has 0 radical (unpaired) electrons. The minimum absolute atomic E-state index is 0.137. The third kappa shape index (κ3) is 3.13. The lowest BCUT2D eigenvalue weighted by atomic mass is 10.2. The predicted molar refractivity (Wildman–Crippen MR) is 71.9 cm³/mol. The highest BCUT2D eigenvalue weighted by Gasteiger charge is 2.25. The van der Waals surface area contributed by atoms with Crippen molar-refractivity contribution in [3.05, 3.63) is 28.2 Å². The zero-order chi connectivity index (χ0) is 13.1. The fourth-order valence-electron chi connectivity index (χ4n) is 2.18. The van der Waals surface area contributed by atoms with Crippen molar-refractivity contribution < 1.29 is 5.11 Å². The topological polar surface area (TPSA) is 45.5 Å². The van der Waals surface area contributed by atoms with Crippen molar-refractivity contribution in [2.24, 2.45) is 0 Å². The summed E-state index contributed by atoms with van der Waals surface area (Å²) in [5, 5.41) is 9.53. The van der Waals surface area contributed by atoms with E-state index < -0.39 is 0 Å². The monoisotopic (exact) mass is 250 g/mol. The van der Waals surface area contributed by atoms with Gasteiger partial charge in [-0.15, -0.1) is 0 Å². The largest absolute Gasteiger partial charge is 0.503 e. The van der Waals surface area contributed by atoms with E-state index in [4.69, 9.17) is 0 Å². The van der Waals surface area contributed by atoms with Gasteiger partial charge >= 0.3 is 0 Å². The van der Waals surface area contributed by atoms with Crippen LogP contribution in [0.15, 0.2) is 17.1 Å². The number of aromatic hydroxyl groups is 1. The van der Waals surface area contributed by atoms with Gasteiger partial charge in [0, 0.05) is 24.3 Å². The molecule has 1 N–H and O–H groups in total. The quantitative estimate of drug-likeness (QED) is 0.841. The number of hydrogen-bond donors (Lipinski definition) is 1. The van der Waals surface area contributed by atoms with Crippen molar-refractivity contribution in [1.82, 2.24) is 9.47 Å². The fraction of sp³-hybridized carbons (Fsp3) is 0.643. The zero-order valence-corrected chi connectivity index (χ0v) is 11.2. The SMILES string of the molecule is CCCCN(C)Cc1cc(=O)c(O)cn1C1CC1. The molecule has 4 heteroatoms. The average molecular weight is 250 g/mol. The maximum Gasteiger partial charge on any atom is 0.223 e. The second kappa shape index (κ2) is 5.57. The minimum atomic E-state index is -0.272. The lowest BCUT2D eigenvalue weighted by molar-refractivity contribution is 0.309. The summed E-state index contributed by atoms with van der Waals surface area (Å²) in [6, 6.07) is 2.06. The van der Waals surface area contributed by atoms with Crippen LogP contribution in [0.4, 0.5) is 0 Å². The molecule has 0 spiro atoms. The number of hydrogen-bond acceptors (Lipinski definition) is 3. The van der Waals surface area contributed by atoms with Crippen LogP contribution in [0.25, 0.3) is 0 Å². The van der Waals surface area contributed by atoms with Gasteiger partial charge in [0.05, 0.1) is 6.20 Å². The van der Waals surface area contributed by atoms with Gasteiger partial charge < -0.3 is 14.6 Å². The average Bonchev–Trinajstić information content (AvgIpc) is 3.15. The Morgan fingerprint density at radius 1 is 1.50 bits per heavy atom. The standard InChI is InChI=1S/C14H22N2O2/c1-3-4-7-15(2)9-12-8-13(17)14(18)10-16(12)11-5-6-11/h8,10-11,18H,3-7,9H2,1-2H3. The van der Waals surface area contributed by atoms with Crippen molar-refractivity contribution in [3.63, 3.8) is 0 Å². The lowest BCUT2D eigenvalue weighted by Crippen LogP contribution is -2.23. The molecule has 0 amide bonds. The molecule has 18 heavy (non-hydrogen) atoms. The Morgan fingerprint density at radius 3 is 2.83 bits per heavy atom. The fourth-order valence-corrected chi connectivity index (χ4v) is 2.18. The van der Waals surface area contributed by atoms with Crippen LogP contribution in [0.5, 0.6) is 5.75 Å². The van der Waals surface area contributed by atoms with Gasteiger partial charge in [-0.2, -0.15) is 0 Å². The molecule has 0 unspecified atom stereocenters. The van der Waals surface area contributed by atoms with E-state index in [9.17, 15) is 9.90 Å². The van der Waals surface area contributed by atoms with E-state index in [1.807, 2.05) is 0 Å². The molecule has 1 saturated carbocycles. The Kier molecular flexibility index (Phi) is 4.07. The van der Waals surface area contributed by atoms with Gasteiger partial charge in [0.15, 0.2) is 5.75 Å². The molecule has 100 valence electrons. The summed E-state index contributed by atoms with van der Waals surface area (Å²) in [5.74, 6) is -0.137. The molecule has 2 rings (SSSR count). The number of pyridine rings is 1. The van der Waals surface area contributed by atoms with Gasteiger partial charge in [0.2, 0.25) is 5.43 Å². The number of aromatic nitrogens is 1. The van der Waals surface area contributed by atoms with Crippen molar-refractivity contribution in [2.75, 3.05) is 13.6 Å². The molecule has 1 aromatic rings. The normalized spacial score (nSPS) is 15.3. The number of nitrogens with zero attached hydrogens (tertiary/aromatic N) is 2. The van der Waals surface area contributed by atoms with E-state index >= 15 is 0 Å². The van der Waals surface area contributed by atoms with Crippen LogP contribution in [-0.2, 0) is 6.54 Å². The van der Waals surface area contributed by atoms with Crippen molar-refractivity contribution in [3.8, 4) is 5.75 Å². The molecule has 1 aliphatic rings. The first-order chi connectivity index (χ1) is 8.61. The van der Waals surface area contributed by atoms with E-state index in [-0.39, 0.29) is 11.2 Å². The molecule has 1 aromatic heterocycles. The maximum absolute atomic E-state index is 11.5. The second-order valence-corrected chi connectivity index (χ2v) is 5.24. The highest BCUT2D eigenvalue weighted by molar-refractivity contribution is 5.22. The van der Waals surface area contributed by atoms with Crippen LogP contribution in [0.2, 0.25) is 0 Å². The summed E-state index contributed by atoms with van der Waals surface area (Å²) < 4.78 is 2.07. The summed E-state index contributed by atoms with van der Waals surface area (Å²) in [6.45, 7) is 3.98. The Morgan fingerprint density at radius 2 is 2.22 bits per heavy atom. The highest BCUT2D eigenvalue weighted by atomic mass is 16.3. The van der Waals surface area contributed by atoms with Gasteiger partial charge in [-0.05, 0) is 32.9 Å². The first-order valence-corrected chi connectivity index (χ1v) is 6.74. The predicted octanol–water partition coefficient (Wildman–Crippen LogP) is 2.12. The Hall–Kier alpha value is -1.29. The second-order valence-electron chi connectivity index (χ2n) is 5.24. The third-order valence-corrected chi connectivity index (χ3v) is 3.41. The Labute approximate surface area is 108 Å². The van der Waals surface area contributed by atoms with E-state index in [0.29, 0.717) is 6.04 Å². The molecule has 1 heterocycles. The van der Waals surface area contributed by atoms with Gasteiger partial charge in [0.25, 0.3) is 0 Å². The van der Waals surface area contributed by atoms with Crippen LogP contribution in [0.3, 0.4) is 0 Å². The first kappa shape index (κ1) is 13.1. The highest BCUT2D eigenvalue weighted by Crippen LogP contribution is 2.36. The molecule has 0 aliphatic heterocycles. The molecule has 0 atom stereocenters. The molecule has 1 fully saturated rings. The summed E-state index contributed by atoms with van der Waals surface area (Å²) in [5.41, 5.74) is 0.740. The third-order valence-electron chi connectivity index (χ3n) is 3.41. The molecule has 0 aromatic carbocycles. The summed E-state index contributed by atoms with van der Waals surface area (Å²) >= 11 is 0. The Balaban J connectivity index is 2.15. The van der Waals surface area contributed by atoms with Crippen LogP contribution in [-0.4, -0.2) is 28.2 Å². The van der Waals surface area contributed by atoms with Crippen molar-refractivity contribution in [1.29, 1.82) is 0 Å². The molecular weight excluding hydrogens is 228 g/mol. The van der Waals surface area contributed by atoms with Crippen LogP contribution in [0.1, 0.15) is 44.3 Å². The summed E-state index contributed by atoms with van der Waals surface area (Å²) in [4.78, 5) is 13.8. The lowest BCUT2D eigenvalue weighted by Gasteiger charge is -2.20. The minimum Gasteiger partial charge on any atom is -0.503 e. The van der Waals surface area contributed by atoms with Gasteiger partial charge in [-0.1, -0.05) is 13.3 Å². The molecular formula is C14H22N2O2. The zero-order valence-electron chi connectivity index (χ0n) is 11.2. The van der Waals surface area contributed by atoms with E-state index in [1.165, 1.54) is 12.8 Å². The van der Waals surface area contributed by atoms with E-state index in [1.54, 1.807) is 12.3 Å². The van der Waals surface area contributed by atoms with Gasteiger partial charge in [-0.3, -0.25) is 4.79 Å². The van der Waals surface area contributed by atoms with Crippen molar-refractivity contribution >= 4 is 0 Å². The molecule has 4 nitrogen and oxygen atoms in total. The number of rotatable bonds is 6. The van der Waals surface area contributed by atoms with E-state index in [2.05, 4.69) is 23.4 Å². The maximum atomic E-state index is 11.5. The van der Waals surface area contributed by atoms with Gasteiger partial charge in [0.1, 0.15) is 0 Å². The molecule has 0 saturated heterocycles. The number of unbranched alkanes of at least 4 members (excludes halogenated alkanes) is 1. The van der Waals surface area contributed by atoms with Crippen LogP contribution < -0.4 is 5.43 Å². The summed E-state index contributed by atoms with van der Waals surface area (Å²) in [7, 11) is 2.07. The van der Waals surface area contributed by atoms with Crippen molar-refractivity contribution in [2.45, 2.75) is 45.2 Å². The molecule has 0 bridgehead atoms. The Bertz CT molecular complexity index is 463. The smallest absolute Gasteiger partial charge is 0.223 e.